The van der Waals surface area contributed by atoms with Crippen molar-refractivity contribution < 1.29 is 9.53 Å². The minimum atomic E-state index is -1.45. The Bertz CT molecular complexity index is 425. The van der Waals surface area contributed by atoms with Crippen LogP contribution in [0.5, 0.6) is 0 Å². The molecule has 1 aromatic heterocycles. The third kappa shape index (κ3) is 4.58. The van der Waals surface area contributed by atoms with Crippen molar-refractivity contribution in [3.8, 4) is 0 Å². The molecule has 0 spiro atoms. The molecule has 0 saturated heterocycles. The zero-order valence-electron chi connectivity index (χ0n) is 9.68. The molecular weight excluding hydrogens is 345 g/mol. The van der Waals surface area contributed by atoms with Gasteiger partial charge in [-0.15, -0.1) is 0 Å². The van der Waals surface area contributed by atoms with E-state index in [0.717, 1.165) is 0 Å². The van der Waals surface area contributed by atoms with Crippen LogP contribution in [0.2, 0.25) is 29.9 Å². The van der Waals surface area contributed by atoms with Gasteiger partial charge in [0.1, 0.15) is 15.9 Å². The fraction of sp³-hybridized carbons (Fsp3) is 0.400. The Balaban J connectivity index is 2.90. The number of esters is 1. The highest BCUT2D eigenvalue weighted by atomic mass is 79.9. The van der Waals surface area contributed by atoms with Crippen molar-refractivity contribution in [3.05, 3.63) is 26.4 Å². The van der Waals surface area contributed by atoms with Crippen LogP contribution in [0.25, 0.3) is 0 Å². The van der Waals surface area contributed by atoms with E-state index in [2.05, 4.69) is 40.6 Å². The summed E-state index contributed by atoms with van der Waals surface area (Å²) >= 11 is 14.8. The summed E-state index contributed by atoms with van der Waals surface area (Å²) in [4.78, 5) is 15.7. The third-order valence-electron chi connectivity index (χ3n) is 1.74. The second kappa shape index (κ2) is 5.69. The minimum absolute atomic E-state index is 0.0463. The molecule has 0 aromatic carbocycles. The number of hydrogen-bond donors (Lipinski definition) is 0. The smallest absolute Gasteiger partial charge is 0.342 e. The highest BCUT2D eigenvalue weighted by Gasteiger charge is 2.21. The van der Waals surface area contributed by atoms with E-state index in [-0.39, 0.29) is 15.9 Å². The van der Waals surface area contributed by atoms with Gasteiger partial charge in [0.2, 0.25) is 0 Å². The van der Waals surface area contributed by atoms with Crippen LogP contribution < -0.4 is 0 Å². The fourth-order valence-electron chi connectivity index (χ4n) is 0.993. The lowest BCUT2D eigenvalue weighted by Crippen LogP contribution is -2.30. The van der Waals surface area contributed by atoms with Gasteiger partial charge in [-0.05, 0) is 22.0 Å². The van der Waals surface area contributed by atoms with Crippen LogP contribution in [-0.4, -0.2) is 25.3 Å². The van der Waals surface area contributed by atoms with Gasteiger partial charge >= 0.3 is 5.97 Å². The number of rotatable bonds is 3. The maximum atomic E-state index is 11.8. The predicted octanol–water partition coefficient (Wildman–Crippen LogP) is 4.19. The number of aromatic nitrogens is 1. The Morgan fingerprint density at radius 3 is 2.53 bits per heavy atom. The number of carbonyl (C=O) groups is 1. The summed E-state index contributed by atoms with van der Waals surface area (Å²) in [6, 6.07) is 1.51. The highest BCUT2D eigenvalue weighted by Crippen LogP contribution is 2.27. The van der Waals surface area contributed by atoms with E-state index in [1.807, 2.05) is 0 Å². The number of ether oxygens (including phenoxy) is 1. The van der Waals surface area contributed by atoms with Crippen LogP contribution in [-0.2, 0) is 4.74 Å². The molecule has 0 amide bonds. The van der Waals surface area contributed by atoms with Crippen LogP contribution in [0, 0.1) is 0 Å². The number of carbonyl (C=O) groups excluding carboxylic acids is 1. The molecule has 1 rings (SSSR count). The molecule has 0 atom stereocenters. The normalized spacial score (nSPS) is 11.4. The van der Waals surface area contributed by atoms with Crippen LogP contribution in [0.15, 0.2) is 10.5 Å². The quantitative estimate of drug-likeness (QED) is 0.463. The van der Waals surface area contributed by atoms with E-state index in [0.29, 0.717) is 10.7 Å². The van der Waals surface area contributed by atoms with Gasteiger partial charge in [0.15, 0.2) is 0 Å². The van der Waals surface area contributed by atoms with Crippen LogP contribution in [0.4, 0.5) is 0 Å². The first-order valence-corrected chi connectivity index (χ1v) is 10.1. The monoisotopic (exact) mass is 355 g/mol. The van der Waals surface area contributed by atoms with Gasteiger partial charge in [0.05, 0.1) is 14.3 Å². The Kier molecular flexibility index (Phi) is 5.01. The largest absolute Gasteiger partial charge is 0.466 e. The second-order valence-corrected chi connectivity index (χ2v) is 11.7. The van der Waals surface area contributed by atoms with Crippen LogP contribution in [0.3, 0.4) is 0 Å². The summed E-state index contributed by atoms with van der Waals surface area (Å²) in [5, 5.41) is 0.272. The molecule has 0 bridgehead atoms. The Morgan fingerprint density at radius 1 is 1.47 bits per heavy atom. The summed E-state index contributed by atoms with van der Waals surface area (Å²) < 4.78 is 5.71. The van der Waals surface area contributed by atoms with Gasteiger partial charge in [-0.2, -0.15) is 0 Å². The Labute approximate surface area is 120 Å². The first-order valence-electron chi connectivity index (χ1n) is 4.89. The number of pyridine rings is 1. The second-order valence-electron chi connectivity index (χ2n) is 4.73. The van der Waals surface area contributed by atoms with Crippen molar-refractivity contribution in [1.29, 1.82) is 0 Å². The van der Waals surface area contributed by atoms with Crippen molar-refractivity contribution in [2.75, 3.05) is 6.23 Å². The van der Waals surface area contributed by atoms with E-state index in [1.165, 1.54) is 6.07 Å². The lowest BCUT2D eigenvalue weighted by atomic mass is 10.3. The third-order valence-corrected chi connectivity index (χ3v) is 3.84. The zero-order chi connectivity index (χ0) is 13.2. The zero-order valence-corrected chi connectivity index (χ0v) is 13.8. The molecule has 0 aliphatic rings. The predicted molar refractivity (Wildman–Crippen MR) is 75.6 cm³/mol. The summed E-state index contributed by atoms with van der Waals surface area (Å²) in [5.41, 5.74) is 0.217. The van der Waals surface area contributed by atoms with Crippen molar-refractivity contribution in [2.24, 2.45) is 0 Å². The molecule has 3 nitrogen and oxygen atoms in total. The maximum Gasteiger partial charge on any atom is 0.342 e. The van der Waals surface area contributed by atoms with Crippen molar-refractivity contribution in [2.45, 2.75) is 19.6 Å². The Hall–Kier alpha value is -0.103. The molecule has 0 N–H and O–H groups in total. The van der Waals surface area contributed by atoms with Gasteiger partial charge < -0.3 is 4.74 Å². The highest BCUT2D eigenvalue weighted by molar-refractivity contribution is 9.10. The average molecular weight is 357 g/mol. The van der Waals surface area contributed by atoms with E-state index in [9.17, 15) is 4.79 Å². The van der Waals surface area contributed by atoms with Crippen LogP contribution >= 0.6 is 39.1 Å². The van der Waals surface area contributed by atoms with E-state index >= 15 is 0 Å². The fourth-order valence-corrected chi connectivity index (χ4v) is 2.88. The molecule has 94 valence electrons. The van der Waals surface area contributed by atoms with E-state index in [4.69, 9.17) is 27.9 Å². The summed E-state index contributed by atoms with van der Waals surface area (Å²) in [6.45, 7) is 6.32. The minimum Gasteiger partial charge on any atom is -0.466 e. The SMILES string of the molecule is C[Si](C)(C)COC(=O)c1c(Br)cc(Cl)nc1Cl. The van der Waals surface area contributed by atoms with Gasteiger partial charge in [-0.3, -0.25) is 0 Å². The van der Waals surface area contributed by atoms with Gasteiger partial charge in [0.25, 0.3) is 0 Å². The molecule has 1 aromatic rings. The number of nitrogens with zero attached hydrogens (tertiary/aromatic N) is 1. The molecule has 0 aliphatic heterocycles. The van der Waals surface area contributed by atoms with Crippen molar-refractivity contribution in [1.82, 2.24) is 4.98 Å². The molecule has 0 fully saturated rings. The summed E-state index contributed by atoms with van der Waals surface area (Å²) in [7, 11) is -1.45. The standard InChI is InChI=1S/C10H12BrCl2NO2Si/c1-17(2,3)5-16-10(15)8-6(11)4-7(12)14-9(8)13/h4H,5H2,1-3H3. The van der Waals surface area contributed by atoms with Gasteiger partial charge in [-0.1, -0.05) is 42.8 Å². The van der Waals surface area contributed by atoms with Gasteiger partial charge in [-0.25, -0.2) is 9.78 Å². The van der Waals surface area contributed by atoms with E-state index < -0.39 is 14.0 Å². The van der Waals surface area contributed by atoms with Crippen molar-refractivity contribution in [3.63, 3.8) is 0 Å². The van der Waals surface area contributed by atoms with Crippen molar-refractivity contribution >= 4 is 53.2 Å². The first-order chi connectivity index (χ1) is 7.70. The van der Waals surface area contributed by atoms with E-state index in [1.54, 1.807) is 0 Å². The molecule has 1 heterocycles. The molecular formula is C10H12BrCl2NO2Si. The molecule has 0 saturated carbocycles. The Morgan fingerprint density at radius 2 is 2.06 bits per heavy atom. The lowest BCUT2D eigenvalue weighted by molar-refractivity contribution is 0.0564. The maximum absolute atomic E-state index is 11.8. The van der Waals surface area contributed by atoms with Crippen LogP contribution in [0.1, 0.15) is 10.4 Å². The molecule has 7 heteroatoms. The lowest BCUT2D eigenvalue weighted by Gasteiger charge is -2.16. The van der Waals surface area contributed by atoms with Gasteiger partial charge in [0, 0.05) is 4.47 Å². The number of halogens is 3. The summed E-state index contributed by atoms with van der Waals surface area (Å²) in [5.74, 6) is -0.478. The summed E-state index contributed by atoms with van der Waals surface area (Å²) in [6.07, 6.45) is 0.442. The molecule has 0 aliphatic carbocycles. The number of hydrogen-bond acceptors (Lipinski definition) is 3. The molecule has 17 heavy (non-hydrogen) atoms. The topological polar surface area (TPSA) is 39.2 Å². The first kappa shape index (κ1) is 15.0. The molecule has 0 unspecified atom stereocenters. The molecule has 0 radical (unpaired) electrons. The average Bonchev–Trinajstić information content (AvgIpc) is 2.11.